The summed E-state index contributed by atoms with van der Waals surface area (Å²) >= 11 is 3.25. The molecule has 3 aromatic heterocycles. The summed E-state index contributed by atoms with van der Waals surface area (Å²) < 4.78 is 7.59. The van der Waals surface area contributed by atoms with Gasteiger partial charge in [-0.1, -0.05) is 31.7 Å². The number of aryl methyl sites for hydroxylation is 1. The first-order valence-electron chi connectivity index (χ1n) is 9.65. The molecule has 150 valence electrons. The normalized spacial score (nSPS) is 11.6. The Balaban J connectivity index is 1.70. The number of fused-ring (bicyclic) bond motifs is 1. The SMILES string of the molecule is CCn1c(SCc2cc(=O)oc3cc(C)c(C(C)C)cc23)nnc1-c1cccs1. The van der Waals surface area contributed by atoms with E-state index in [2.05, 4.69) is 54.6 Å². The van der Waals surface area contributed by atoms with Crippen LogP contribution in [0.2, 0.25) is 0 Å². The van der Waals surface area contributed by atoms with E-state index in [4.69, 9.17) is 4.42 Å². The lowest BCUT2D eigenvalue weighted by molar-refractivity contribution is 0.559. The van der Waals surface area contributed by atoms with Crippen molar-refractivity contribution in [1.29, 1.82) is 0 Å². The van der Waals surface area contributed by atoms with Crippen molar-refractivity contribution in [2.75, 3.05) is 0 Å². The summed E-state index contributed by atoms with van der Waals surface area (Å²) in [5.41, 5.74) is 3.71. The summed E-state index contributed by atoms with van der Waals surface area (Å²) in [5, 5.41) is 12.7. The van der Waals surface area contributed by atoms with Crippen LogP contribution in [0.3, 0.4) is 0 Å². The standard InChI is InChI=1S/C22H23N3O2S2/c1-5-25-21(19-7-6-8-28-19)23-24-22(25)29-12-15-10-20(26)27-18-9-14(4)16(13(2)3)11-17(15)18/h6-11,13H,5,12H2,1-4H3. The smallest absolute Gasteiger partial charge is 0.336 e. The van der Waals surface area contributed by atoms with Crippen molar-refractivity contribution in [2.24, 2.45) is 0 Å². The van der Waals surface area contributed by atoms with Gasteiger partial charge in [-0.3, -0.25) is 0 Å². The lowest BCUT2D eigenvalue weighted by atomic mass is 9.95. The molecule has 1 aromatic carbocycles. The Morgan fingerprint density at radius 3 is 2.76 bits per heavy atom. The quantitative estimate of drug-likeness (QED) is 0.286. The highest BCUT2D eigenvalue weighted by molar-refractivity contribution is 7.98. The van der Waals surface area contributed by atoms with Crippen molar-refractivity contribution >= 4 is 34.1 Å². The zero-order valence-corrected chi connectivity index (χ0v) is 18.6. The second kappa shape index (κ2) is 8.16. The van der Waals surface area contributed by atoms with E-state index in [0.29, 0.717) is 17.3 Å². The Kier molecular flexibility index (Phi) is 5.61. The number of benzene rings is 1. The minimum absolute atomic E-state index is 0.318. The van der Waals surface area contributed by atoms with Crippen molar-refractivity contribution in [2.45, 2.75) is 51.1 Å². The Morgan fingerprint density at radius 1 is 1.24 bits per heavy atom. The third-order valence-electron chi connectivity index (χ3n) is 4.97. The van der Waals surface area contributed by atoms with Crippen LogP contribution in [0.4, 0.5) is 0 Å². The average molecular weight is 426 g/mol. The third kappa shape index (κ3) is 3.89. The molecule has 0 N–H and O–H groups in total. The van der Waals surface area contributed by atoms with Crippen LogP contribution in [0.15, 0.2) is 50.1 Å². The molecule has 0 aliphatic heterocycles. The maximum absolute atomic E-state index is 12.1. The molecule has 0 spiro atoms. The highest BCUT2D eigenvalue weighted by Gasteiger charge is 2.16. The number of hydrogen-bond acceptors (Lipinski definition) is 6. The number of nitrogens with zero attached hydrogens (tertiary/aromatic N) is 3. The number of hydrogen-bond donors (Lipinski definition) is 0. The maximum atomic E-state index is 12.1. The van der Waals surface area contributed by atoms with E-state index in [1.807, 2.05) is 17.5 Å². The van der Waals surface area contributed by atoms with Crippen LogP contribution < -0.4 is 5.63 Å². The fourth-order valence-corrected chi connectivity index (χ4v) is 5.25. The monoisotopic (exact) mass is 425 g/mol. The van der Waals surface area contributed by atoms with Gasteiger partial charge in [0.2, 0.25) is 0 Å². The summed E-state index contributed by atoms with van der Waals surface area (Å²) in [6.07, 6.45) is 0. The van der Waals surface area contributed by atoms with Gasteiger partial charge in [0.25, 0.3) is 0 Å². The van der Waals surface area contributed by atoms with Gasteiger partial charge in [-0.15, -0.1) is 21.5 Å². The summed E-state index contributed by atoms with van der Waals surface area (Å²) in [6.45, 7) is 9.30. The van der Waals surface area contributed by atoms with Crippen LogP contribution in [0.5, 0.6) is 0 Å². The first-order valence-corrected chi connectivity index (χ1v) is 11.5. The molecule has 0 aliphatic carbocycles. The van der Waals surface area contributed by atoms with Crippen molar-refractivity contribution in [1.82, 2.24) is 14.8 Å². The Morgan fingerprint density at radius 2 is 2.07 bits per heavy atom. The third-order valence-corrected chi connectivity index (χ3v) is 6.85. The summed E-state index contributed by atoms with van der Waals surface area (Å²) in [4.78, 5) is 13.2. The summed E-state index contributed by atoms with van der Waals surface area (Å²) in [7, 11) is 0. The molecule has 0 atom stereocenters. The van der Waals surface area contributed by atoms with Gasteiger partial charge in [-0.2, -0.15) is 0 Å². The molecule has 0 bridgehead atoms. The minimum Gasteiger partial charge on any atom is -0.423 e. The molecule has 0 saturated heterocycles. The Bertz CT molecular complexity index is 1210. The van der Waals surface area contributed by atoms with Gasteiger partial charge in [0, 0.05) is 23.8 Å². The van der Waals surface area contributed by atoms with Crippen LogP contribution in [-0.4, -0.2) is 14.8 Å². The van der Waals surface area contributed by atoms with E-state index in [9.17, 15) is 4.79 Å². The molecule has 0 radical (unpaired) electrons. The molecule has 7 heteroatoms. The first-order chi connectivity index (χ1) is 14.0. The average Bonchev–Trinajstić information content (AvgIpc) is 3.34. The van der Waals surface area contributed by atoms with Crippen molar-refractivity contribution < 1.29 is 4.42 Å². The van der Waals surface area contributed by atoms with E-state index in [1.54, 1.807) is 29.2 Å². The lowest BCUT2D eigenvalue weighted by Gasteiger charge is -2.13. The molecule has 0 unspecified atom stereocenters. The predicted molar refractivity (Wildman–Crippen MR) is 120 cm³/mol. The fraction of sp³-hybridized carbons (Fsp3) is 0.318. The highest BCUT2D eigenvalue weighted by atomic mass is 32.2. The second-order valence-electron chi connectivity index (χ2n) is 7.27. The van der Waals surface area contributed by atoms with E-state index in [0.717, 1.165) is 38.9 Å². The predicted octanol–water partition coefficient (Wildman–Crippen LogP) is 5.86. The Labute approximate surface area is 177 Å². The highest BCUT2D eigenvalue weighted by Crippen LogP contribution is 2.32. The van der Waals surface area contributed by atoms with E-state index in [-0.39, 0.29) is 5.63 Å². The molecule has 0 saturated carbocycles. The van der Waals surface area contributed by atoms with Gasteiger partial charge in [0.15, 0.2) is 11.0 Å². The fourth-order valence-electron chi connectivity index (χ4n) is 3.54. The first kappa shape index (κ1) is 19.9. The van der Waals surface area contributed by atoms with Gasteiger partial charge < -0.3 is 8.98 Å². The van der Waals surface area contributed by atoms with Crippen molar-refractivity contribution in [3.63, 3.8) is 0 Å². The van der Waals surface area contributed by atoms with E-state index >= 15 is 0 Å². The van der Waals surface area contributed by atoms with Gasteiger partial charge in [0.1, 0.15) is 5.58 Å². The topological polar surface area (TPSA) is 60.9 Å². The molecule has 5 nitrogen and oxygen atoms in total. The molecule has 4 rings (SSSR count). The molecule has 0 fully saturated rings. The molecule has 4 aromatic rings. The lowest BCUT2D eigenvalue weighted by Crippen LogP contribution is -2.03. The molecular formula is C22H23N3O2S2. The van der Waals surface area contributed by atoms with Crippen molar-refractivity contribution in [3.05, 3.63) is 62.8 Å². The number of thiophene rings is 1. The number of thioether (sulfide) groups is 1. The van der Waals surface area contributed by atoms with Gasteiger partial charge in [-0.25, -0.2) is 4.79 Å². The minimum atomic E-state index is -0.318. The summed E-state index contributed by atoms with van der Waals surface area (Å²) in [6, 6.07) is 9.81. The van der Waals surface area contributed by atoms with Gasteiger partial charge in [-0.05, 0) is 60.0 Å². The molecular weight excluding hydrogens is 402 g/mol. The largest absolute Gasteiger partial charge is 0.423 e. The summed E-state index contributed by atoms with van der Waals surface area (Å²) in [5.74, 6) is 1.93. The molecule has 3 heterocycles. The zero-order valence-electron chi connectivity index (χ0n) is 16.9. The number of aromatic nitrogens is 3. The van der Waals surface area contributed by atoms with Crippen LogP contribution >= 0.6 is 23.1 Å². The van der Waals surface area contributed by atoms with Crippen molar-refractivity contribution in [3.8, 4) is 10.7 Å². The van der Waals surface area contributed by atoms with E-state index < -0.39 is 0 Å². The van der Waals surface area contributed by atoms with E-state index in [1.165, 1.54) is 5.56 Å². The van der Waals surface area contributed by atoms with Crippen LogP contribution in [0.25, 0.3) is 21.7 Å². The van der Waals surface area contributed by atoms with Crippen LogP contribution in [0, 0.1) is 6.92 Å². The van der Waals surface area contributed by atoms with Gasteiger partial charge >= 0.3 is 5.63 Å². The molecule has 29 heavy (non-hydrogen) atoms. The maximum Gasteiger partial charge on any atom is 0.336 e. The van der Waals surface area contributed by atoms with Gasteiger partial charge in [0.05, 0.1) is 4.88 Å². The molecule has 0 amide bonds. The number of rotatable bonds is 6. The van der Waals surface area contributed by atoms with Crippen LogP contribution in [0.1, 0.15) is 43.4 Å². The van der Waals surface area contributed by atoms with Crippen LogP contribution in [-0.2, 0) is 12.3 Å². The second-order valence-corrected chi connectivity index (χ2v) is 9.16. The Hall–Kier alpha value is -2.38. The molecule has 0 aliphatic rings. The zero-order chi connectivity index (χ0) is 20.5.